The second-order valence-electron chi connectivity index (χ2n) is 10.0. The van der Waals surface area contributed by atoms with Gasteiger partial charge in [0.05, 0.1) is 23.9 Å². The fourth-order valence-corrected chi connectivity index (χ4v) is 4.09. The lowest BCUT2D eigenvalue weighted by molar-refractivity contribution is -0.118. The van der Waals surface area contributed by atoms with Crippen LogP contribution in [0.15, 0.2) is 59.9 Å². The first kappa shape index (κ1) is 24.6. The lowest BCUT2D eigenvalue weighted by Crippen LogP contribution is -2.31. The molecule has 33 heavy (non-hydrogen) atoms. The van der Waals surface area contributed by atoms with Gasteiger partial charge >= 0.3 is 0 Å². The summed E-state index contributed by atoms with van der Waals surface area (Å²) in [6.07, 6.45) is 1.08. The fourth-order valence-electron chi connectivity index (χ4n) is 4.09. The van der Waals surface area contributed by atoms with Crippen LogP contribution in [0.2, 0.25) is 0 Å². The lowest BCUT2D eigenvalue weighted by atomic mass is 9.85. The van der Waals surface area contributed by atoms with Crippen LogP contribution in [0.4, 0.5) is 5.69 Å². The van der Waals surface area contributed by atoms with Crippen LogP contribution < -0.4 is 9.64 Å². The van der Waals surface area contributed by atoms with Crippen LogP contribution in [0.5, 0.6) is 5.75 Å². The molecule has 5 nitrogen and oxygen atoms in total. The topological polar surface area (TPSA) is 66.8 Å². The van der Waals surface area contributed by atoms with Gasteiger partial charge in [0.1, 0.15) is 5.75 Å². The zero-order valence-corrected chi connectivity index (χ0v) is 20.5. The van der Waals surface area contributed by atoms with Crippen molar-refractivity contribution in [2.24, 2.45) is 5.92 Å². The fraction of sp³-hybridized carbons (Fsp3) is 0.429. The van der Waals surface area contributed by atoms with Crippen LogP contribution in [-0.4, -0.2) is 23.4 Å². The smallest absolute Gasteiger partial charge is 0.294 e. The number of Topliss-reactive ketones (excluding diaryl/α,β-unsaturated/α-hetero) is 1. The zero-order chi connectivity index (χ0) is 24.3. The molecular formula is C28H35NO4. The third-order valence-corrected chi connectivity index (χ3v) is 5.78. The molecule has 1 aliphatic rings. The Kier molecular flexibility index (Phi) is 7.31. The minimum Gasteiger partial charge on any atom is -0.503 e. The normalized spacial score (nSPS) is 16.6. The number of para-hydroxylation sites is 2. The van der Waals surface area contributed by atoms with Gasteiger partial charge in [0.2, 0.25) is 0 Å². The molecule has 3 rings (SSSR count). The molecule has 1 atom stereocenters. The molecule has 0 aliphatic carbocycles. The van der Waals surface area contributed by atoms with Gasteiger partial charge in [0, 0.05) is 6.42 Å². The summed E-state index contributed by atoms with van der Waals surface area (Å²) in [5, 5.41) is 10.9. The number of aliphatic hydroxyl groups is 1. The summed E-state index contributed by atoms with van der Waals surface area (Å²) in [4.78, 5) is 28.1. The number of ketones is 1. The van der Waals surface area contributed by atoms with Gasteiger partial charge < -0.3 is 9.84 Å². The van der Waals surface area contributed by atoms with E-state index in [0.29, 0.717) is 18.0 Å². The van der Waals surface area contributed by atoms with Gasteiger partial charge in [-0.3, -0.25) is 14.5 Å². The van der Waals surface area contributed by atoms with E-state index in [1.54, 1.807) is 6.07 Å². The van der Waals surface area contributed by atoms with Crippen molar-refractivity contribution in [3.8, 4) is 5.75 Å². The van der Waals surface area contributed by atoms with Crippen molar-refractivity contribution < 1.29 is 19.4 Å². The van der Waals surface area contributed by atoms with Crippen LogP contribution in [0.3, 0.4) is 0 Å². The molecule has 1 heterocycles. The van der Waals surface area contributed by atoms with Crippen molar-refractivity contribution >= 4 is 17.4 Å². The minimum atomic E-state index is -0.718. The lowest BCUT2D eigenvalue weighted by Gasteiger charge is -2.29. The van der Waals surface area contributed by atoms with Crippen molar-refractivity contribution in [2.45, 2.75) is 65.8 Å². The van der Waals surface area contributed by atoms with Gasteiger partial charge in [-0.05, 0) is 41.0 Å². The number of hydrogen-bond donors (Lipinski definition) is 1. The third kappa shape index (κ3) is 5.13. The number of benzene rings is 2. The minimum absolute atomic E-state index is 0.0292. The second kappa shape index (κ2) is 9.82. The number of carbonyl (C=O) groups excluding carboxylic acids is 2. The monoisotopic (exact) mass is 449 g/mol. The van der Waals surface area contributed by atoms with Gasteiger partial charge in [-0.2, -0.15) is 0 Å². The molecule has 0 fully saturated rings. The number of anilines is 1. The molecule has 0 radical (unpaired) electrons. The molecule has 1 amide bonds. The highest BCUT2D eigenvalue weighted by Crippen LogP contribution is 2.45. The number of rotatable bonds is 8. The second-order valence-corrected chi connectivity index (χ2v) is 10.0. The Hall–Kier alpha value is -3.08. The Morgan fingerprint density at radius 3 is 2.30 bits per heavy atom. The number of hydrogen-bond acceptors (Lipinski definition) is 4. The van der Waals surface area contributed by atoms with Crippen molar-refractivity contribution in [1.82, 2.24) is 0 Å². The van der Waals surface area contributed by atoms with Crippen LogP contribution in [0.1, 0.15) is 71.6 Å². The summed E-state index contributed by atoms with van der Waals surface area (Å²) in [5.41, 5.74) is 2.59. The average Bonchev–Trinajstić information content (AvgIpc) is 3.02. The number of nitrogens with zero attached hydrogens (tertiary/aromatic N) is 1. The molecule has 0 saturated heterocycles. The Bertz CT molecular complexity index is 1040. The van der Waals surface area contributed by atoms with E-state index in [1.165, 1.54) is 4.90 Å². The Labute approximate surface area is 197 Å². The van der Waals surface area contributed by atoms with Gasteiger partial charge in [0.25, 0.3) is 5.91 Å². The van der Waals surface area contributed by atoms with Crippen LogP contribution in [0.25, 0.3) is 0 Å². The summed E-state index contributed by atoms with van der Waals surface area (Å²) in [7, 11) is 0. The largest absolute Gasteiger partial charge is 0.503 e. The van der Waals surface area contributed by atoms with Gasteiger partial charge in [0.15, 0.2) is 11.5 Å². The molecule has 1 N–H and O–H groups in total. The van der Waals surface area contributed by atoms with Gasteiger partial charge in [-0.15, -0.1) is 0 Å². The molecule has 176 valence electrons. The SMILES string of the molecule is CCCOc1ccccc1N1C(=O)C(O)=C(C(=O)CC(C)C)C1c1ccc(C(C)(C)C)cc1. The van der Waals surface area contributed by atoms with Crippen molar-refractivity contribution in [1.29, 1.82) is 0 Å². The van der Waals surface area contributed by atoms with Crippen molar-refractivity contribution in [3.63, 3.8) is 0 Å². The first-order valence-corrected chi connectivity index (χ1v) is 11.7. The van der Waals surface area contributed by atoms with Crippen molar-refractivity contribution in [2.75, 3.05) is 11.5 Å². The number of aliphatic hydroxyl groups excluding tert-OH is 1. The Morgan fingerprint density at radius 2 is 1.73 bits per heavy atom. The molecule has 5 heteroatoms. The van der Waals surface area contributed by atoms with E-state index in [9.17, 15) is 14.7 Å². The Balaban J connectivity index is 2.15. The van der Waals surface area contributed by atoms with Crippen molar-refractivity contribution in [3.05, 3.63) is 71.0 Å². The zero-order valence-electron chi connectivity index (χ0n) is 20.5. The highest BCUT2D eigenvalue weighted by atomic mass is 16.5. The molecule has 0 bridgehead atoms. The van der Waals surface area contributed by atoms with E-state index >= 15 is 0 Å². The molecule has 0 saturated carbocycles. The number of carbonyl (C=O) groups is 2. The van der Waals surface area contributed by atoms with Gasteiger partial charge in [-0.1, -0.05) is 77.9 Å². The summed E-state index contributed by atoms with van der Waals surface area (Å²) in [5.74, 6) is -0.619. The van der Waals surface area contributed by atoms with E-state index in [4.69, 9.17) is 4.74 Å². The van der Waals surface area contributed by atoms with E-state index < -0.39 is 17.7 Å². The quantitative estimate of drug-likeness (QED) is 0.514. The van der Waals surface area contributed by atoms with E-state index in [1.807, 2.05) is 63.2 Å². The maximum atomic E-state index is 13.4. The maximum absolute atomic E-state index is 13.4. The van der Waals surface area contributed by atoms with Gasteiger partial charge in [-0.25, -0.2) is 0 Å². The first-order chi connectivity index (χ1) is 15.6. The van der Waals surface area contributed by atoms with E-state index in [0.717, 1.165) is 17.5 Å². The maximum Gasteiger partial charge on any atom is 0.294 e. The molecule has 2 aromatic rings. The summed E-state index contributed by atoms with van der Waals surface area (Å²) in [6, 6.07) is 14.5. The highest BCUT2D eigenvalue weighted by molar-refractivity contribution is 6.17. The number of amides is 1. The predicted octanol–water partition coefficient (Wildman–Crippen LogP) is 6.29. The van der Waals surface area contributed by atoms with E-state index in [-0.39, 0.29) is 29.1 Å². The molecular weight excluding hydrogens is 414 g/mol. The molecule has 1 aliphatic heterocycles. The summed E-state index contributed by atoms with van der Waals surface area (Å²) < 4.78 is 5.91. The third-order valence-electron chi connectivity index (χ3n) is 5.78. The first-order valence-electron chi connectivity index (χ1n) is 11.7. The standard InChI is InChI=1S/C28H35NO4/c1-7-16-33-23-11-9-8-10-21(23)29-25(19-12-14-20(15-13-19)28(4,5)6)24(26(31)27(29)32)22(30)17-18(2)3/h8-15,18,25,31H,7,16-17H2,1-6H3. The van der Waals surface area contributed by atoms with Crippen LogP contribution in [0, 0.1) is 5.92 Å². The van der Waals surface area contributed by atoms with Crippen LogP contribution >= 0.6 is 0 Å². The molecule has 2 aromatic carbocycles. The number of ether oxygens (including phenoxy) is 1. The summed E-state index contributed by atoms with van der Waals surface area (Å²) >= 11 is 0. The molecule has 0 spiro atoms. The molecule has 1 unspecified atom stereocenters. The average molecular weight is 450 g/mol. The molecule has 0 aromatic heterocycles. The van der Waals surface area contributed by atoms with E-state index in [2.05, 4.69) is 20.8 Å². The Morgan fingerprint density at radius 1 is 1.09 bits per heavy atom. The predicted molar refractivity (Wildman–Crippen MR) is 132 cm³/mol. The highest BCUT2D eigenvalue weighted by Gasteiger charge is 2.45. The summed E-state index contributed by atoms with van der Waals surface area (Å²) in [6.45, 7) is 12.8. The van der Waals surface area contributed by atoms with Crippen LogP contribution in [-0.2, 0) is 15.0 Å².